The predicted octanol–water partition coefficient (Wildman–Crippen LogP) is 5.98. The van der Waals surface area contributed by atoms with Crippen molar-refractivity contribution in [3.05, 3.63) is 87.7 Å². The van der Waals surface area contributed by atoms with E-state index < -0.39 is 22.8 Å². The SMILES string of the molecule is O=C(Nc1ccc(Nc2n[nH]c(=O)c3ccccc23)cc1)Nc1ccc(Cl)c(C(F)(F)F)c1. The highest BCUT2D eigenvalue weighted by molar-refractivity contribution is 6.31. The molecule has 33 heavy (non-hydrogen) atoms. The Kier molecular flexibility index (Phi) is 5.93. The van der Waals surface area contributed by atoms with E-state index in [0.717, 1.165) is 12.1 Å². The van der Waals surface area contributed by atoms with Gasteiger partial charge in [-0.15, -0.1) is 0 Å². The first kappa shape index (κ1) is 22.2. The summed E-state index contributed by atoms with van der Waals surface area (Å²) in [5, 5.41) is 15.1. The Balaban J connectivity index is 1.44. The van der Waals surface area contributed by atoms with E-state index >= 15 is 0 Å². The number of aromatic nitrogens is 2. The van der Waals surface area contributed by atoms with Crippen LogP contribution < -0.4 is 21.5 Å². The van der Waals surface area contributed by atoms with E-state index in [-0.39, 0.29) is 11.2 Å². The number of anilines is 4. The van der Waals surface area contributed by atoms with Crippen LogP contribution in [0, 0.1) is 0 Å². The third kappa shape index (κ3) is 5.07. The van der Waals surface area contributed by atoms with Crippen molar-refractivity contribution < 1.29 is 18.0 Å². The highest BCUT2D eigenvalue weighted by Crippen LogP contribution is 2.36. The number of fused-ring (bicyclic) bond motifs is 1. The number of aromatic amines is 1. The molecule has 0 bridgehead atoms. The molecule has 4 N–H and O–H groups in total. The Morgan fingerprint density at radius 1 is 0.879 bits per heavy atom. The van der Waals surface area contributed by atoms with Gasteiger partial charge in [0.05, 0.1) is 16.0 Å². The van der Waals surface area contributed by atoms with Gasteiger partial charge in [0.2, 0.25) is 0 Å². The highest BCUT2D eigenvalue weighted by Gasteiger charge is 2.33. The van der Waals surface area contributed by atoms with Gasteiger partial charge in [0.15, 0.2) is 5.82 Å². The maximum Gasteiger partial charge on any atom is 0.417 e. The van der Waals surface area contributed by atoms with Gasteiger partial charge in [-0.25, -0.2) is 9.89 Å². The molecule has 0 aliphatic heterocycles. The normalized spacial score (nSPS) is 11.3. The zero-order chi connectivity index (χ0) is 23.6. The highest BCUT2D eigenvalue weighted by atomic mass is 35.5. The van der Waals surface area contributed by atoms with Crippen LogP contribution in [0.2, 0.25) is 5.02 Å². The Hall–Kier alpha value is -4.05. The van der Waals surface area contributed by atoms with E-state index in [4.69, 9.17) is 11.6 Å². The molecule has 1 heterocycles. The number of hydrogen-bond donors (Lipinski definition) is 4. The van der Waals surface area contributed by atoms with Crippen molar-refractivity contribution in [2.24, 2.45) is 0 Å². The first-order valence-corrected chi connectivity index (χ1v) is 9.88. The second kappa shape index (κ2) is 8.83. The molecule has 0 radical (unpaired) electrons. The molecule has 0 unspecified atom stereocenters. The number of hydrogen-bond acceptors (Lipinski definition) is 4. The molecule has 0 spiro atoms. The maximum atomic E-state index is 13.0. The second-order valence-electron chi connectivity index (χ2n) is 6.92. The molecule has 0 saturated carbocycles. The molecule has 7 nitrogen and oxygen atoms in total. The number of nitrogens with one attached hydrogen (secondary N) is 4. The van der Waals surface area contributed by atoms with Gasteiger partial charge in [-0.2, -0.15) is 18.3 Å². The minimum atomic E-state index is -4.64. The number of carbonyl (C=O) groups excluding carboxylic acids is 1. The van der Waals surface area contributed by atoms with E-state index in [1.807, 2.05) is 0 Å². The molecule has 11 heteroatoms. The van der Waals surface area contributed by atoms with Crippen molar-refractivity contribution in [2.45, 2.75) is 6.18 Å². The van der Waals surface area contributed by atoms with Crippen molar-refractivity contribution >= 4 is 51.3 Å². The lowest BCUT2D eigenvalue weighted by molar-refractivity contribution is -0.137. The second-order valence-corrected chi connectivity index (χ2v) is 7.33. The number of nitrogens with zero attached hydrogens (tertiary/aromatic N) is 1. The maximum absolute atomic E-state index is 13.0. The molecular formula is C22H15ClF3N5O2. The Labute approximate surface area is 189 Å². The van der Waals surface area contributed by atoms with Crippen molar-refractivity contribution in [3.63, 3.8) is 0 Å². The molecule has 168 valence electrons. The number of amides is 2. The van der Waals surface area contributed by atoms with Gasteiger partial charge in [0.25, 0.3) is 5.56 Å². The fourth-order valence-corrected chi connectivity index (χ4v) is 3.32. The number of halogens is 4. The molecule has 0 aliphatic carbocycles. The summed E-state index contributed by atoms with van der Waals surface area (Å²) in [5.41, 5.74) is -0.357. The molecule has 0 aliphatic rings. The predicted molar refractivity (Wildman–Crippen MR) is 121 cm³/mol. The van der Waals surface area contributed by atoms with Gasteiger partial charge < -0.3 is 16.0 Å². The standard InChI is InChI=1S/C22H15ClF3N5O2/c23-18-10-9-14(11-17(18)22(24,25)26)29-21(33)28-13-7-5-12(6-8-13)27-19-15-3-1-2-4-16(15)20(32)31-30-19/h1-11H,(H,27,30)(H,31,32)(H2,28,29,33). The fourth-order valence-electron chi connectivity index (χ4n) is 3.10. The monoisotopic (exact) mass is 473 g/mol. The van der Waals surface area contributed by atoms with Gasteiger partial charge in [-0.1, -0.05) is 29.8 Å². The Morgan fingerprint density at radius 2 is 1.48 bits per heavy atom. The van der Waals surface area contributed by atoms with Crippen LogP contribution in [0.4, 0.5) is 40.8 Å². The van der Waals surface area contributed by atoms with Crippen molar-refractivity contribution in [1.29, 1.82) is 0 Å². The molecular weight excluding hydrogens is 459 g/mol. The van der Waals surface area contributed by atoms with E-state index in [0.29, 0.717) is 28.0 Å². The van der Waals surface area contributed by atoms with Gasteiger partial charge in [0, 0.05) is 22.4 Å². The van der Waals surface area contributed by atoms with Crippen LogP contribution >= 0.6 is 11.6 Å². The first-order valence-electron chi connectivity index (χ1n) is 9.50. The van der Waals surface area contributed by atoms with Crippen molar-refractivity contribution in [2.75, 3.05) is 16.0 Å². The number of rotatable bonds is 4. The molecule has 0 atom stereocenters. The summed E-state index contributed by atoms with van der Waals surface area (Å²) < 4.78 is 38.9. The molecule has 3 aromatic carbocycles. The van der Waals surface area contributed by atoms with Crippen LogP contribution in [-0.2, 0) is 6.18 Å². The van der Waals surface area contributed by atoms with E-state index in [1.165, 1.54) is 6.07 Å². The summed E-state index contributed by atoms with van der Waals surface area (Å²) in [7, 11) is 0. The molecule has 2 amide bonds. The summed E-state index contributed by atoms with van der Waals surface area (Å²) in [5.74, 6) is 0.451. The van der Waals surface area contributed by atoms with Gasteiger partial charge >= 0.3 is 12.2 Å². The lowest BCUT2D eigenvalue weighted by Crippen LogP contribution is -2.20. The summed E-state index contributed by atoms with van der Waals surface area (Å²) in [6.45, 7) is 0. The minimum Gasteiger partial charge on any atom is -0.338 e. The third-order valence-electron chi connectivity index (χ3n) is 4.63. The van der Waals surface area contributed by atoms with Crippen molar-refractivity contribution in [3.8, 4) is 0 Å². The van der Waals surface area contributed by atoms with E-state index in [1.54, 1.807) is 48.5 Å². The van der Waals surface area contributed by atoms with Crippen molar-refractivity contribution in [1.82, 2.24) is 10.2 Å². The zero-order valence-corrected chi connectivity index (χ0v) is 17.4. The summed E-state index contributed by atoms with van der Waals surface area (Å²) in [4.78, 5) is 24.1. The number of H-pyrrole nitrogens is 1. The lowest BCUT2D eigenvalue weighted by atomic mass is 10.2. The lowest BCUT2D eigenvalue weighted by Gasteiger charge is -2.13. The molecule has 4 rings (SSSR count). The largest absolute Gasteiger partial charge is 0.417 e. The zero-order valence-electron chi connectivity index (χ0n) is 16.6. The Bertz CT molecular complexity index is 1390. The number of alkyl halides is 3. The summed E-state index contributed by atoms with van der Waals surface area (Å²) in [6, 6.07) is 15.9. The topological polar surface area (TPSA) is 98.9 Å². The number of urea groups is 1. The van der Waals surface area contributed by atoms with E-state index in [9.17, 15) is 22.8 Å². The number of benzene rings is 3. The Morgan fingerprint density at radius 3 is 2.18 bits per heavy atom. The molecule has 0 fully saturated rings. The van der Waals surface area contributed by atoms with Crippen LogP contribution in [0.5, 0.6) is 0 Å². The van der Waals surface area contributed by atoms with Gasteiger partial charge in [-0.3, -0.25) is 4.79 Å². The number of carbonyl (C=O) groups is 1. The molecule has 4 aromatic rings. The third-order valence-corrected chi connectivity index (χ3v) is 4.96. The fraction of sp³-hybridized carbons (Fsp3) is 0.0455. The van der Waals surface area contributed by atoms with Gasteiger partial charge in [0.1, 0.15) is 0 Å². The minimum absolute atomic E-state index is 0.0569. The molecule has 0 saturated heterocycles. The summed E-state index contributed by atoms with van der Waals surface area (Å²) >= 11 is 5.58. The van der Waals surface area contributed by atoms with Crippen LogP contribution in [0.3, 0.4) is 0 Å². The van der Waals surface area contributed by atoms with Crippen LogP contribution in [-0.4, -0.2) is 16.2 Å². The smallest absolute Gasteiger partial charge is 0.338 e. The van der Waals surface area contributed by atoms with Gasteiger partial charge in [-0.05, 0) is 48.5 Å². The molecule has 1 aromatic heterocycles. The van der Waals surface area contributed by atoms with Crippen LogP contribution in [0.1, 0.15) is 5.56 Å². The van der Waals surface area contributed by atoms with E-state index in [2.05, 4.69) is 26.1 Å². The van der Waals surface area contributed by atoms with Crippen LogP contribution in [0.25, 0.3) is 10.8 Å². The average molecular weight is 474 g/mol. The quantitative estimate of drug-likeness (QED) is 0.293. The first-order chi connectivity index (χ1) is 15.7. The summed E-state index contributed by atoms with van der Waals surface area (Å²) in [6.07, 6.45) is -4.64. The average Bonchev–Trinajstić information content (AvgIpc) is 2.78. The van der Waals surface area contributed by atoms with Crippen LogP contribution in [0.15, 0.2) is 71.5 Å².